The molecule has 7 heteroatoms. The van der Waals surface area contributed by atoms with Gasteiger partial charge in [-0.25, -0.2) is 0 Å². The van der Waals surface area contributed by atoms with Crippen LogP contribution >= 0.6 is 0 Å². The summed E-state index contributed by atoms with van der Waals surface area (Å²) in [5, 5.41) is 0. The first-order chi connectivity index (χ1) is 9.04. The van der Waals surface area contributed by atoms with Crippen molar-refractivity contribution >= 4 is 17.5 Å². The Morgan fingerprint density at radius 2 is 2.26 bits per heavy atom. The largest absolute Gasteiger partial charge is 0.397 e. The predicted molar refractivity (Wildman–Crippen MR) is 69.4 cm³/mol. The maximum absolute atomic E-state index is 12.5. The SMILES string of the molecule is CCn1cc(N)cc1C(=O)N1CCOCC1C(N)=O. The molecule has 0 aromatic carbocycles. The average Bonchev–Trinajstić information content (AvgIpc) is 2.79. The molecule has 0 aliphatic carbocycles. The number of hydrogen-bond acceptors (Lipinski definition) is 4. The minimum absolute atomic E-state index is 0.142. The summed E-state index contributed by atoms with van der Waals surface area (Å²) < 4.78 is 6.95. The second-order valence-corrected chi connectivity index (χ2v) is 4.44. The molecule has 1 atom stereocenters. The lowest BCUT2D eigenvalue weighted by atomic mass is 10.2. The number of hydrogen-bond donors (Lipinski definition) is 2. The van der Waals surface area contributed by atoms with Crippen LogP contribution in [0.2, 0.25) is 0 Å². The molecule has 0 bridgehead atoms. The molecule has 7 nitrogen and oxygen atoms in total. The number of rotatable bonds is 3. The number of nitrogens with two attached hydrogens (primary N) is 2. The van der Waals surface area contributed by atoms with Gasteiger partial charge in [-0.05, 0) is 13.0 Å². The van der Waals surface area contributed by atoms with Gasteiger partial charge in [0.2, 0.25) is 5.91 Å². The first kappa shape index (κ1) is 13.4. The lowest BCUT2D eigenvalue weighted by Gasteiger charge is -2.33. The molecule has 0 radical (unpaired) electrons. The highest BCUT2D eigenvalue weighted by Gasteiger charge is 2.33. The Morgan fingerprint density at radius 1 is 1.53 bits per heavy atom. The van der Waals surface area contributed by atoms with E-state index in [1.807, 2.05) is 6.92 Å². The zero-order valence-electron chi connectivity index (χ0n) is 10.8. The minimum Gasteiger partial charge on any atom is -0.397 e. The smallest absolute Gasteiger partial charge is 0.271 e. The van der Waals surface area contributed by atoms with Gasteiger partial charge in [0.15, 0.2) is 0 Å². The standard InChI is InChI=1S/C12H18N4O3/c1-2-15-6-8(13)5-9(15)12(18)16-3-4-19-7-10(16)11(14)17/h5-6,10H,2-4,7,13H2,1H3,(H2,14,17). The number of nitrogen functional groups attached to an aromatic ring is 1. The van der Waals surface area contributed by atoms with Gasteiger partial charge >= 0.3 is 0 Å². The Kier molecular flexibility index (Phi) is 3.75. The quantitative estimate of drug-likeness (QED) is 0.763. The van der Waals surface area contributed by atoms with Gasteiger partial charge in [0.25, 0.3) is 5.91 Å². The van der Waals surface area contributed by atoms with Gasteiger partial charge in [-0.15, -0.1) is 0 Å². The van der Waals surface area contributed by atoms with Crippen molar-refractivity contribution in [3.63, 3.8) is 0 Å². The maximum atomic E-state index is 12.5. The van der Waals surface area contributed by atoms with Gasteiger partial charge < -0.3 is 25.7 Å². The molecule has 104 valence electrons. The number of aromatic nitrogens is 1. The molecular formula is C12H18N4O3. The highest BCUT2D eigenvalue weighted by molar-refractivity contribution is 5.97. The van der Waals surface area contributed by atoms with Crippen LogP contribution < -0.4 is 11.5 Å². The van der Waals surface area contributed by atoms with Crippen molar-refractivity contribution in [3.8, 4) is 0 Å². The van der Waals surface area contributed by atoms with Crippen molar-refractivity contribution < 1.29 is 14.3 Å². The Bertz CT molecular complexity index is 497. The average molecular weight is 266 g/mol. The Balaban J connectivity index is 2.28. The van der Waals surface area contributed by atoms with Gasteiger partial charge in [-0.1, -0.05) is 0 Å². The van der Waals surface area contributed by atoms with Crippen LogP contribution in [0.5, 0.6) is 0 Å². The zero-order chi connectivity index (χ0) is 14.0. The molecule has 0 spiro atoms. The molecule has 1 aromatic heterocycles. The fraction of sp³-hybridized carbons (Fsp3) is 0.500. The Morgan fingerprint density at radius 3 is 2.89 bits per heavy atom. The van der Waals surface area contributed by atoms with Gasteiger partial charge in [0.05, 0.1) is 18.9 Å². The highest BCUT2D eigenvalue weighted by Crippen LogP contribution is 2.16. The molecule has 0 saturated carbocycles. The molecule has 1 aliphatic heterocycles. The van der Waals surface area contributed by atoms with Crippen LogP contribution in [0.1, 0.15) is 17.4 Å². The van der Waals surface area contributed by atoms with Gasteiger partial charge in [0.1, 0.15) is 11.7 Å². The topological polar surface area (TPSA) is 104 Å². The summed E-state index contributed by atoms with van der Waals surface area (Å²) in [6.45, 7) is 3.44. The van der Waals surface area contributed by atoms with Gasteiger partial charge in [0, 0.05) is 19.3 Å². The zero-order valence-corrected chi connectivity index (χ0v) is 10.8. The number of nitrogens with zero attached hydrogens (tertiary/aromatic N) is 2. The van der Waals surface area contributed by atoms with E-state index >= 15 is 0 Å². The summed E-state index contributed by atoms with van der Waals surface area (Å²) in [6, 6.07) is 0.891. The van der Waals surface area contributed by atoms with Crippen molar-refractivity contribution in [2.24, 2.45) is 5.73 Å². The number of primary amides is 1. The number of anilines is 1. The van der Waals surface area contributed by atoms with E-state index in [1.54, 1.807) is 16.8 Å². The summed E-state index contributed by atoms with van der Waals surface area (Å²) in [7, 11) is 0. The van der Waals surface area contributed by atoms with Crippen LogP contribution in [-0.2, 0) is 16.1 Å². The number of amides is 2. The fourth-order valence-electron chi connectivity index (χ4n) is 2.20. The lowest BCUT2D eigenvalue weighted by molar-refractivity contribution is -0.127. The van der Waals surface area contributed by atoms with E-state index < -0.39 is 11.9 Å². The summed E-state index contributed by atoms with van der Waals surface area (Å²) >= 11 is 0. The fourth-order valence-corrected chi connectivity index (χ4v) is 2.20. The first-order valence-electron chi connectivity index (χ1n) is 6.18. The summed E-state index contributed by atoms with van der Waals surface area (Å²) in [6.07, 6.45) is 1.70. The van der Waals surface area contributed by atoms with Crippen LogP contribution in [0.15, 0.2) is 12.3 Å². The van der Waals surface area contributed by atoms with Crippen molar-refractivity contribution in [1.29, 1.82) is 0 Å². The number of carbonyl (C=O) groups excluding carboxylic acids is 2. The second-order valence-electron chi connectivity index (χ2n) is 4.44. The van der Waals surface area contributed by atoms with Crippen molar-refractivity contribution in [2.45, 2.75) is 19.5 Å². The molecule has 1 aliphatic rings. The third-order valence-electron chi connectivity index (χ3n) is 3.20. The van der Waals surface area contributed by atoms with Crippen LogP contribution in [-0.4, -0.2) is 47.1 Å². The summed E-state index contributed by atoms with van der Waals surface area (Å²) in [5.41, 5.74) is 12.0. The Labute approximate surface area is 111 Å². The molecule has 1 aromatic rings. The molecule has 4 N–H and O–H groups in total. The normalized spacial score (nSPS) is 19.4. The number of carbonyl (C=O) groups is 2. The van der Waals surface area contributed by atoms with E-state index in [2.05, 4.69) is 0 Å². The van der Waals surface area contributed by atoms with E-state index in [9.17, 15) is 9.59 Å². The molecule has 2 amide bonds. The monoisotopic (exact) mass is 266 g/mol. The van der Waals surface area contributed by atoms with E-state index in [-0.39, 0.29) is 12.5 Å². The molecule has 2 heterocycles. The summed E-state index contributed by atoms with van der Waals surface area (Å²) in [4.78, 5) is 25.3. The van der Waals surface area contributed by atoms with Crippen molar-refractivity contribution in [1.82, 2.24) is 9.47 Å². The highest BCUT2D eigenvalue weighted by atomic mass is 16.5. The van der Waals surface area contributed by atoms with Gasteiger partial charge in [-0.3, -0.25) is 9.59 Å². The molecule has 1 saturated heterocycles. The molecule has 2 rings (SSSR count). The third-order valence-corrected chi connectivity index (χ3v) is 3.20. The van der Waals surface area contributed by atoms with E-state index in [0.717, 1.165) is 0 Å². The molecule has 1 fully saturated rings. The number of ether oxygens (including phenoxy) is 1. The molecule has 1 unspecified atom stereocenters. The predicted octanol–water partition coefficient (Wildman–Crippen LogP) is -0.583. The van der Waals surface area contributed by atoms with Crippen molar-refractivity contribution in [2.75, 3.05) is 25.5 Å². The lowest BCUT2D eigenvalue weighted by Crippen LogP contribution is -2.55. The second kappa shape index (κ2) is 5.31. The Hall–Kier alpha value is -2.02. The minimum atomic E-state index is -0.720. The van der Waals surface area contributed by atoms with Crippen LogP contribution in [0, 0.1) is 0 Å². The van der Waals surface area contributed by atoms with E-state index in [0.29, 0.717) is 31.1 Å². The maximum Gasteiger partial charge on any atom is 0.271 e. The summed E-state index contributed by atoms with van der Waals surface area (Å²) in [5.74, 6) is -0.804. The molecule has 19 heavy (non-hydrogen) atoms. The third kappa shape index (κ3) is 2.55. The number of aryl methyl sites for hydroxylation is 1. The number of morpholine rings is 1. The first-order valence-corrected chi connectivity index (χ1v) is 6.18. The van der Waals surface area contributed by atoms with E-state index in [4.69, 9.17) is 16.2 Å². The molecular weight excluding hydrogens is 248 g/mol. The van der Waals surface area contributed by atoms with Crippen molar-refractivity contribution in [3.05, 3.63) is 18.0 Å². The van der Waals surface area contributed by atoms with Crippen LogP contribution in [0.4, 0.5) is 5.69 Å². The van der Waals surface area contributed by atoms with Crippen LogP contribution in [0.3, 0.4) is 0 Å². The van der Waals surface area contributed by atoms with Crippen LogP contribution in [0.25, 0.3) is 0 Å². The van der Waals surface area contributed by atoms with Gasteiger partial charge in [-0.2, -0.15) is 0 Å². The van der Waals surface area contributed by atoms with E-state index in [1.165, 1.54) is 4.90 Å².